The summed E-state index contributed by atoms with van der Waals surface area (Å²) in [6, 6.07) is 9.01. The van der Waals surface area contributed by atoms with Gasteiger partial charge in [0.05, 0.1) is 11.1 Å². The van der Waals surface area contributed by atoms with Crippen molar-refractivity contribution in [1.82, 2.24) is 24.3 Å². The number of halogens is 3. The second-order valence-electron chi connectivity index (χ2n) is 8.90. The van der Waals surface area contributed by atoms with Gasteiger partial charge in [0.15, 0.2) is 5.69 Å². The van der Waals surface area contributed by atoms with Crippen LogP contribution in [0, 0.1) is 6.92 Å². The lowest BCUT2D eigenvalue weighted by Gasteiger charge is -2.30. The second kappa shape index (κ2) is 8.34. The van der Waals surface area contributed by atoms with Gasteiger partial charge < -0.3 is 15.2 Å². The summed E-state index contributed by atoms with van der Waals surface area (Å²) in [7, 11) is 1.89. The molecule has 1 aliphatic rings. The minimum absolute atomic E-state index is 0.0338. The number of carbonyl (C=O) groups excluding carboxylic acids is 1. The number of nitrogens with one attached hydrogen (secondary N) is 2. The van der Waals surface area contributed by atoms with Crippen LogP contribution < -0.4 is 10.6 Å². The molecule has 4 aromatic heterocycles. The van der Waals surface area contributed by atoms with E-state index in [-0.39, 0.29) is 23.6 Å². The lowest BCUT2D eigenvalue weighted by molar-refractivity contribution is -0.140. The molecule has 0 aromatic carbocycles. The smallest absolute Gasteiger partial charge is 0.368 e. The van der Waals surface area contributed by atoms with Crippen molar-refractivity contribution in [3.63, 3.8) is 0 Å². The fourth-order valence-corrected chi connectivity index (χ4v) is 4.64. The van der Waals surface area contributed by atoms with E-state index in [0.717, 1.165) is 43.1 Å². The summed E-state index contributed by atoms with van der Waals surface area (Å²) in [6.45, 7) is 1.90. The maximum absolute atomic E-state index is 13.1. The van der Waals surface area contributed by atoms with Crippen LogP contribution in [0.25, 0.3) is 16.7 Å². The molecule has 34 heavy (non-hydrogen) atoms. The summed E-state index contributed by atoms with van der Waals surface area (Å²) >= 11 is 0. The fraction of sp³-hybridized carbons (Fsp3) is 0.375. The van der Waals surface area contributed by atoms with Crippen LogP contribution in [-0.2, 0) is 13.2 Å². The van der Waals surface area contributed by atoms with Crippen LogP contribution in [0.2, 0.25) is 0 Å². The normalized spacial score (nSPS) is 19.0. The van der Waals surface area contributed by atoms with E-state index in [2.05, 4.69) is 20.6 Å². The number of pyridine rings is 2. The Morgan fingerprint density at radius 3 is 2.50 bits per heavy atom. The summed E-state index contributed by atoms with van der Waals surface area (Å²) in [4.78, 5) is 21.2. The third-order valence-corrected chi connectivity index (χ3v) is 6.41. The molecule has 0 radical (unpaired) electrons. The number of alkyl halides is 3. The van der Waals surface area contributed by atoms with Crippen molar-refractivity contribution in [3.8, 4) is 0 Å². The molecule has 0 aliphatic heterocycles. The number of amides is 1. The minimum atomic E-state index is -4.49. The molecular formula is C24H25F3N6O. The van der Waals surface area contributed by atoms with E-state index in [0.29, 0.717) is 16.9 Å². The molecule has 1 aliphatic carbocycles. The number of aryl methyl sites for hydroxylation is 2. The number of rotatable bonds is 4. The molecule has 0 atom stereocenters. The van der Waals surface area contributed by atoms with E-state index in [1.807, 2.05) is 30.7 Å². The first-order valence-corrected chi connectivity index (χ1v) is 11.2. The number of fused-ring (bicyclic) bond motifs is 2. The number of nitrogens with zero attached hydrogens (tertiary/aromatic N) is 4. The Kier molecular flexibility index (Phi) is 5.45. The molecule has 10 heteroatoms. The van der Waals surface area contributed by atoms with Gasteiger partial charge in [0.1, 0.15) is 17.0 Å². The highest BCUT2D eigenvalue weighted by Crippen LogP contribution is 2.30. The fourth-order valence-electron chi connectivity index (χ4n) is 4.64. The zero-order chi connectivity index (χ0) is 24.0. The van der Waals surface area contributed by atoms with Crippen LogP contribution in [0.5, 0.6) is 0 Å². The second-order valence-corrected chi connectivity index (χ2v) is 8.90. The SMILES string of the molecule is Cc1ccc2c(n1)c(C(=O)NC1CCC(Nc3cccc4nc(C(F)(F)F)cn34)CC1)cn2C. The molecule has 4 heterocycles. The number of carbonyl (C=O) groups is 1. The molecule has 1 fully saturated rings. The highest BCUT2D eigenvalue weighted by molar-refractivity contribution is 6.05. The predicted octanol–water partition coefficient (Wildman–Crippen LogP) is 4.70. The Morgan fingerprint density at radius 1 is 1.03 bits per heavy atom. The number of hydrogen-bond acceptors (Lipinski definition) is 4. The summed E-state index contributed by atoms with van der Waals surface area (Å²) in [6.07, 6.45) is 1.45. The summed E-state index contributed by atoms with van der Waals surface area (Å²) in [5.74, 6) is 0.438. The minimum Gasteiger partial charge on any atom is -0.368 e. The zero-order valence-corrected chi connectivity index (χ0v) is 18.9. The first-order chi connectivity index (χ1) is 16.2. The highest BCUT2D eigenvalue weighted by atomic mass is 19.4. The Labute approximate surface area is 194 Å². The van der Waals surface area contributed by atoms with Crippen molar-refractivity contribution in [1.29, 1.82) is 0 Å². The average molecular weight is 470 g/mol. The molecule has 178 valence electrons. The van der Waals surface area contributed by atoms with Gasteiger partial charge in [-0.05, 0) is 56.9 Å². The van der Waals surface area contributed by atoms with Gasteiger partial charge in [0, 0.05) is 37.2 Å². The van der Waals surface area contributed by atoms with E-state index in [4.69, 9.17) is 0 Å². The molecule has 0 bridgehead atoms. The topological polar surface area (TPSA) is 76.2 Å². The largest absolute Gasteiger partial charge is 0.434 e. The Morgan fingerprint density at radius 2 is 1.76 bits per heavy atom. The van der Waals surface area contributed by atoms with Crippen LogP contribution in [0.15, 0.2) is 42.7 Å². The van der Waals surface area contributed by atoms with Gasteiger partial charge in [-0.1, -0.05) is 6.07 Å². The van der Waals surface area contributed by atoms with Crippen LogP contribution in [-0.4, -0.2) is 36.9 Å². The van der Waals surface area contributed by atoms with E-state index >= 15 is 0 Å². The summed E-state index contributed by atoms with van der Waals surface area (Å²) in [5, 5.41) is 6.49. The van der Waals surface area contributed by atoms with Crippen molar-refractivity contribution in [3.05, 3.63) is 59.7 Å². The van der Waals surface area contributed by atoms with Crippen LogP contribution in [0.4, 0.5) is 19.0 Å². The zero-order valence-electron chi connectivity index (χ0n) is 18.9. The predicted molar refractivity (Wildman–Crippen MR) is 123 cm³/mol. The first kappa shape index (κ1) is 22.2. The van der Waals surface area contributed by atoms with Crippen molar-refractivity contribution in [2.45, 2.75) is 50.9 Å². The van der Waals surface area contributed by atoms with E-state index in [1.54, 1.807) is 24.4 Å². The highest BCUT2D eigenvalue weighted by Gasteiger charge is 2.34. The Bertz CT molecular complexity index is 1360. The average Bonchev–Trinajstić information content (AvgIpc) is 3.37. The van der Waals surface area contributed by atoms with Crippen molar-refractivity contribution < 1.29 is 18.0 Å². The third-order valence-electron chi connectivity index (χ3n) is 6.41. The molecule has 7 nitrogen and oxygen atoms in total. The maximum Gasteiger partial charge on any atom is 0.434 e. The van der Waals surface area contributed by atoms with Gasteiger partial charge in [-0.15, -0.1) is 0 Å². The Hall–Kier alpha value is -3.56. The van der Waals surface area contributed by atoms with Crippen LogP contribution >= 0.6 is 0 Å². The molecule has 0 unspecified atom stereocenters. The molecule has 0 spiro atoms. The van der Waals surface area contributed by atoms with Gasteiger partial charge in [-0.2, -0.15) is 13.2 Å². The third kappa shape index (κ3) is 4.20. The number of aromatic nitrogens is 4. The molecule has 1 amide bonds. The molecular weight excluding hydrogens is 445 g/mol. The molecule has 4 aromatic rings. The van der Waals surface area contributed by atoms with E-state index in [1.165, 1.54) is 4.40 Å². The van der Waals surface area contributed by atoms with Crippen LogP contribution in [0.3, 0.4) is 0 Å². The maximum atomic E-state index is 13.1. The monoisotopic (exact) mass is 470 g/mol. The van der Waals surface area contributed by atoms with Gasteiger partial charge >= 0.3 is 6.18 Å². The van der Waals surface area contributed by atoms with Crippen molar-refractivity contribution >= 4 is 28.4 Å². The number of anilines is 1. The van der Waals surface area contributed by atoms with Gasteiger partial charge in [0.25, 0.3) is 5.91 Å². The number of imidazole rings is 1. The first-order valence-electron chi connectivity index (χ1n) is 11.2. The molecule has 1 saturated carbocycles. The molecule has 0 saturated heterocycles. The lowest BCUT2D eigenvalue weighted by atomic mass is 9.91. The van der Waals surface area contributed by atoms with E-state index in [9.17, 15) is 18.0 Å². The van der Waals surface area contributed by atoms with Crippen molar-refractivity contribution in [2.75, 3.05) is 5.32 Å². The van der Waals surface area contributed by atoms with Gasteiger partial charge in [0.2, 0.25) is 0 Å². The summed E-state index contributed by atoms with van der Waals surface area (Å²) < 4.78 is 42.5. The molecule has 2 N–H and O–H groups in total. The van der Waals surface area contributed by atoms with Gasteiger partial charge in [-0.25, -0.2) is 4.98 Å². The Balaban J connectivity index is 1.23. The quantitative estimate of drug-likeness (QED) is 0.453. The molecule has 5 rings (SSSR count). The standard InChI is InChI=1S/C24H25F3N6O/c1-14-6-11-18-22(28-14)17(12-32(18)2)23(34)30-16-9-7-15(8-10-16)29-20-4-3-5-21-31-19(13-33(20)21)24(25,26)27/h3-6,11-13,15-16,29H,7-10H2,1-2H3,(H,30,34). The van der Waals surface area contributed by atoms with Crippen molar-refractivity contribution in [2.24, 2.45) is 7.05 Å². The van der Waals surface area contributed by atoms with E-state index < -0.39 is 11.9 Å². The van der Waals surface area contributed by atoms with Gasteiger partial charge in [-0.3, -0.25) is 14.2 Å². The van der Waals surface area contributed by atoms with Crippen LogP contribution in [0.1, 0.15) is 47.4 Å². The summed E-state index contributed by atoms with van der Waals surface area (Å²) in [5.41, 5.74) is 2.36. The number of hydrogen-bond donors (Lipinski definition) is 2. The lowest BCUT2D eigenvalue weighted by Crippen LogP contribution is -2.40.